The molecule has 11 heteroatoms. The molecule has 1 aliphatic rings. The van der Waals surface area contributed by atoms with Gasteiger partial charge in [0.1, 0.15) is 11.8 Å². The van der Waals surface area contributed by atoms with Crippen LogP contribution < -0.4 is 14.8 Å². The molecule has 0 aromatic heterocycles. The van der Waals surface area contributed by atoms with Gasteiger partial charge in [-0.15, -0.1) is 0 Å². The average molecular weight is 530 g/mol. The quantitative estimate of drug-likeness (QED) is 0.462. The van der Waals surface area contributed by atoms with Gasteiger partial charge in [0.2, 0.25) is 15.9 Å². The van der Waals surface area contributed by atoms with Gasteiger partial charge in [0.15, 0.2) is 0 Å². The van der Waals surface area contributed by atoms with Crippen molar-refractivity contribution in [3.8, 4) is 5.75 Å². The third-order valence-corrected chi connectivity index (χ3v) is 9.18. The maximum Gasteiger partial charge on any atom is 0.262 e. The van der Waals surface area contributed by atoms with Crippen LogP contribution in [0.25, 0.3) is 0 Å². The number of benzene rings is 3. The number of nitrogens with one attached hydrogen (secondary N) is 2. The first kappa shape index (κ1) is 25.7. The van der Waals surface area contributed by atoms with Crippen molar-refractivity contribution in [3.05, 3.63) is 83.9 Å². The van der Waals surface area contributed by atoms with Crippen molar-refractivity contribution in [2.75, 3.05) is 22.9 Å². The number of fused-ring (bicyclic) bond motifs is 1. The Balaban J connectivity index is 1.59. The molecular weight excluding hydrogens is 502 g/mol. The largest absolute Gasteiger partial charge is 0.495 e. The molecule has 0 fully saturated rings. The second kappa shape index (κ2) is 10.3. The molecular formula is C25H27N3O6S2. The third-order valence-electron chi connectivity index (χ3n) is 5.99. The molecule has 190 valence electrons. The monoisotopic (exact) mass is 529 g/mol. The Bertz CT molecular complexity index is 1490. The van der Waals surface area contributed by atoms with Crippen molar-refractivity contribution < 1.29 is 26.4 Å². The lowest BCUT2D eigenvalue weighted by atomic mass is 9.95. The van der Waals surface area contributed by atoms with Gasteiger partial charge in [0, 0.05) is 12.2 Å². The molecule has 4 rings (SSSR count). The summed E-state index contributed by atoms with van der Waals surface area (Å²) in [6, 6.07) is 18.8. The number of methoxy groups -OCH3 is 1. The zero-order valence-electron chi connectivity index (χ0n) is 19.8. The minimum Gasteiger partial charge on any atom is -0.495 e. The van der Waals surface area contributed by atoms with E-state index in [2.05, 4.69) is 10.0 Å². The second-order valence-corrected chi connectivity index (χ2v) is 12.1. The van der Waals surface area contributed by atoms with E-state index in [0.29, 0.717) is 5.75 Å². The summed E-state index contributed by atoms with van der Waals surface area (Å²) in [6.07, 6.45) is 0.217. The summed E-state index contributed by atoms with van der Waals surface area (Å²) in [4.78, 5) is 13.2. The zero-order valence-corrected chi connectivity index (χ0v) is 21.5. The number of anilines is 2. The number of para-hydroxylation sites is 2. The number of hydrogen-bond donors (Lipinski definition) is 2. The Morgan fingerprint density at radius 3 is 2.39 bits per heavy atom. The maximum absolute atomic E-state index is 13.3. The maximum atomic E-state index is 13.3. The van der Waals surface area contributed by atoms with Crippen molar-refractivity contribution in [3.63, 3.8) is 0 Å². The van der Waals surface area contributed by atoms with Crippen molar-refractivity contribution in [2.45, 2.75) is 30.8 Å². The first-order valence-electron chi connectivity index (χ1n) is 11.3. The predicted molar refractivity (Wildman–Crippen MR) is 138 cm³/mol. The van der Waals surface area contributed by atoms with Gasteiger partial charge in [-0.25, -0.2) is 16.8 Å². The average Bonchev–Trinajstić information content (AvgIpc) is 2.88. The normalized spacial score (nSPS) is 16.1. The van der Waals surface area contributed by atoms with Gasteiger partial charge in [0.25, 0.3) is 10.0 Å². The van der Waals surface area contributed by atoms with Crippen LogP contribution in [0.5, 0.6) is 5.75 Å². The SMILES string of the molecule is CCS(=O)(=O)N1Cc2ccccc2CC1C(=O)Nc1cccc(S(=O)(=O)Nc2ccccc2OC)c1. The number of rotatable bonds is 8. The highest BCUT2D eigenvalue weighted by Crippen LogP contribution is 2.29. The Morgan fingerprint density at radius 1 is 0.972 bits per heavy atom. The predicted octanol–water partition coefficient (Wildman–Crippen LogP) is 3.21. The number of carbonyl (C=O) groups is 1. The van der Waals surface area contributed by atoms with Crippen molar-refractivity contribution in [1.82, 2.24) is 4.31 Å². The number of sulfonamides is 2. The van der Waals surface area contributed by atoms with Crippen molar-refractivity contribution in [2.24, 2.45) is 0 Å². The summed E-state index contributed by atoms with van der Waals surface area (Å²) < 4.78 is 60.5. The fraction of sp³-hybridized carbons (Fsp3) is 0.240. The molecule has 9 nitrogen and oxygen atoms in total. The highest BCUT2D eigenvalue weighted by Gasteiger charge is 2.38. The van der Waals surface area contributed by atoms with E-state index in [9.17, 15) is 21.6 Å². The molecule has 0 saturated carbocycles. The van der Waals surface area contributed by atoms with Gasteiger partial charge in [-0.3, -0.25) is 9.52 Å². The number of ether oxygens (including phenoxy) is 1. The summed E-state index contributed by atoms with van der Waals surface area (Å²) in [5.74, 6) is -0.310. The van der Waals surface area contributed by atoms with Gasteiger partial charge in [-0.05, 0) is 54.8 Å². The summed E-state index contributed by atoms with van der Waals surface area (Å²) in [7, 11) is -6.22. The Labute approximate surface area is 211 Å². The molecule has 1 atom stereocenters. The molecule has 0 aliphatic carbocycles. The van der Waals surface area contributed by atoms with E-state index in [0.717, 1.165) is 11.1 Å². The van der Waals surface area contributed by atoms with Gasteiger partial charge in [0.05, 0.1) is 23.4 Å². The fourth-order valence-electron chi connectivity index (χ4n) is 4.08. The smallest absolute Gasteiger partial charge is 0.262 e. The van der Waals surface area contributed by atoms with Crippen LogP contribution in [0.15, 0.2) is 77.7 Å². The lowest BCUT2D eigenvalue weighted by Gasteiger charge is -2.34. The van der Waals surface area contributed by atoms with Crippen LogP contribution in [-0.4, -0.2) is 46.0 Å². The molecule has 1 unspecified atom stereocenters. The van der Waals surface area contributed by atoms with Crippen LogP contribution in [0.3, 0.4) is 0 Å². The molecule has 1 heterocycles. The summed E-state index contributed by atoms with van der Waals surface area (Å²) >= 11 is 0. The minimum absolute atomic E-state index is 0.0711. The Hall–Kier alpha value is -3.41. The molecule has 0 radical (unpaired) electrons. The van der Waals surface area contributed by atoms with Crippen molar-refractivity contribution in [1.29, 1.82) is 0 Å². The molecule has 0 saturated heterocycles. The van der Waals surface area contributed by atoms with Crippen LogP contribution in [0, 0.1) is 0 Å². The van der Waals surface area contributed by atoms with Gasteiger partial charge in [-0.2, -0.15) is 4.31 Å². The van der Waals surface area contributed by atoms with E-state index in [1.54, 1.807) is 30.3 Å². The first-order valence-corrected chi connectivity index (χ1v) is 14.4. The number of hydrogen-bond acceptors (Lipinski definition) is 6. The number of nitrogens with zero attached hydrogens (tertiary/aromatic N) is 1. The number of amides is 1. The lowest BCUT2D eigenvalue weighted by molar-refractivity contribution is -0.120. The van der Waals surface area contributed by atoms with E-state index in [1.807, 2.05) is 24.3 Å². The van der Waals surface area contributed by atoms with Gasteiger partial charge in [-0.1, -0.05) is 42.5 Å². The molecule has 2 N–H and O–H groups in total. The van der Waals surface area contributed by atoms with E-state index < -0.39 is 32.0 Å². The molecule has 3 aromatic rings. The van der Waals surface area contributed by atoms with E-state index in [1.165, 1.54) is 36.5 Å². The summed E-state index contributed by atoms with van der Waals surface area (Å²) in [5, 5.41) is 2.71. The van der Waals surface area contributed by atoms with Gasteiger partial charge < -0.3 is 10.1 Å². The molecule has 0 bridgehead atoms. The minimum atomic E-state index is -3.99. The van der Waals surface area contributed by atoms with Crippen LogP contribution in [0.4, 0.5) is 11.4 Å². The third kappa shape index (κ3) is 5.38. The summed E-state index contributed by atoms with van der Waals surface area (Å²) in [6.45, 7) is 1.63. The second-order valence-electron chi connectivity index (χ2n) is 8.26. The first-order chi connectivity index (χ1) is 17.1. The molecule has 1 aliphatic heterocycles. The van der Waals surface area contributed by atoms with Crippen LogP contribution in [0.2, 0.25) is 0 Å². The lowest BCUT2D eigenvalue weighted by Crippen LogP contribution is -2.51. The van der Waals surface area contributed by atoms with Crippen molar-refractivity contribution >= 4 is 37.3 Å². The Kier molecular flexibility index (Phi) is 7.34. The van der Waals surface area contributed by atoms with E-state index >= 15 is 0 Å². The molecule has 1 amide bonds. The molecule has 3 aromatic carbocycles. The molecule has 0 spiro atoms. The fourth-order valence-corrected chi connectivity index (χ4v) is 6.42. The van der Waals surface area contributed by atoms with Gasteiger partial charge >= 0.3 is 0 Å². The zero-order chi connectivity index (χ0) is 25.9. The Morgan fingerprint density at radius 2 is 1.67 bits per heavy atom. The van der Waals surface area contributed by atoms with E-state index in [4.69, 9.17) is 4.74 Å². The summed E-state index contributed by atoms with van der Waals surface area (Å²) in [5.41, 5.74) is 2.26. The van der Waals surface area contributed by atoms with Crippen LogP contribution >= 0.6 is 0 Å². The standard InChI is InChI=1S/C25H27N3O6S2/c1-3-35(30,31)28-17-19-10-5-4-9-18(19)15-23(28)25(29)26-20-11-8-12-21(16-20)36(32,33)27-22-13-6-7-14-24(22)34-2/h4-14,16,23,27H,3,15,17H2,1-2H3,(H,26,29). The molecule has 36 heavy (non-hydrogen) atoms. The highest BCUT2D eigenvalue weighted by molar-refractivity contribution is 7.92. The highest BCUT2D eigenvalue weighted by atomic mass is 32.2. The topological polar surface area (TPSA) is 122 Å². The number of carbonyl (C=O) groups excluding carboxylic acids is 1. The van der Waals surface area contributed by atoms with Crippen LogP contribution in [0.1, 0.15) is 18.1 Å². The van der Waals surface area contributed by atoms with Crippen LogP contribution in [-0.2, 0) is 37.8 Å². The van der Waals surface area contributed by atoms with E-state index in [-0.39, 0.29) is 35.0 Å².